The molecular formula is C23H25N3O4. The summed E-state index contributed by atoms with van der Waals surface area (Å²) < 4.78 is 4.69. The van der Waals surface area contributed by atoms with Gasteiger partial charge in [0.15, 0.2) is 0 Å². The third kappa shape index (κ3) is 4.13. The minimum atomic E-state index is -0.452. The highest BCUT2D eigenvalue weighted by Crippen LogP contribution is 2.27. The summed E-state index contributed by atoms with van der Waals surface area (Å²) in [5.74, 6) is -0.850. The molecule has 2 saturated heterocycles. The Balaban J connectivity index is 1.38. The molecule has 2 aromatic carbocycles. The molecule has 7 nitrogen and oxygen atoms in total. The third-order valence-electron chi connectivity index (χ3n) is 5.77. The fraction of sp³-hybridized carbons (Fsp3) is 0.348. The average molecular weight is 407 g/mol. The molecule has 0 N–H and O–H groups in total. The molecule has 2 heterocycles. The number of hydrogen-bond acceptors (Lipinski definition) is 6. The largest absolute Gasteiger partial charge is 0.465 e. The highest BCUT2D eigenvalue weighted by molar-refractivity contribution is 6.22. The zero-order valence-electron chi connectivity index (χ0n) is 17.0. The molecule has 2 amide bonds. The van der Waals surface area contributed by atoms with Crippen LogP contribution in [0.5, 0.6) is 0 Å². The number of carbonyl (C=O) groups excluding carboxylic acids is 3. The van der Waals surface area contributed by atoms with Crippen molar-refractivity contribution in [3.05, 3.63) is 65.7 Å². The third-order valence-corrected chi connectivity index (χ3v) is 5.77. The lowest BCUT2D eigenvalue weighted by Crippen LogP contribution is -2.52. The summed E-state index contributed by atoms with van der Waals surface area (Å²) in [6.07, 6.45) is 0.191. The number of imide groups is 1. The predicted octanol–water partition coefficient (Wildman–Crippen LogP) is 1.92. The van der Waals surface area contributed by atoms with Crippen molar-refractivity contribution in [3.63, 3.8) is 0 Å². The number of piperazine rings is 1. The van der Waals surface area contributed by atoms with Crippen LogP contribution >= 0.6 is 0 Å². The molecule has 1 unspecified atom stereocenters. The van der Waals surface area contributed by atoms with Gasteiger partial charge in [0.05, 0.1) is 30.8 Å². The zero-order valence-corrected chi connectivity index (χ0v) is 17.0. The Hall–Kier alpha value is -3.03. The summed E-state index contributed by atoms with van der Waals surface area (Å²) in [6, 6.07) is 16.3. The van der Waals surface area contributed by atoms with E-state index < -0.39 is 12.0 Å². The number of esters is 1. The molecule has 0 spiro atoms. The lowest BCUT2D eigenvalue weighted by Gasteiger charge is -2.37. The summed E-state index contributed by atoms with van der Waals surface area (Å²) in [4.78, 5) is 42.9. The Bertz CT molecular complexity index is 921. The van der Waals surface area contributed by atoms with Crippen LogP contribution in [0.4, 0.5) is 5.69 Å². The minimum Gasteiger partial charge on any atom is -0.465 e. The predicted molar refractivity (Wildman–Crippen MR) is 112 cm³/mol. The molecule has 2 fully saturated rings. The van der Waals surface area contributed by atoms with Crippen molar-refractivity contribution < 1.29 is 19.1 Å². The zero-order chi connectivity index (χ0) is 21.1. The van der Waals surface area contributed by atoms with E-state index in [1.165, 1.54) is 17.6 Å². The highest BCUT2D eigenvalue weighted by atomic mass is 16.5. The van der Waals surface area contributed by atoms with E-state index in [9.17, 15) is 14.4 Å². The Morgan fingerprint density at radius 2 is 1.63 bits per heavy atom. The summed E-state index contributed by atoms with van der Waals surface area (Å²) in [7, 11) is 1.31. The van der Waals surface area contributed by atoms with Crippen molar-refractivity contribution in [3.8, 4) is 0 Å². The second-order valence-corrected chi connectivity index (χ2v) is 7.62. The van der Waals surface area contributed by atoms with Gasteiger partial charge in [0, 0.05) is 32.7 Å². The molecule has 0 aromatic heterocycles. The number of nitrogens with zero attached hydrogens (tertiary/aromatic N) is 3. The van der Waals surface area contributed by atoms with E-state index in [-0.39, 0.29) is 18.2 Å². The van der Waals surface area contributed by atoms with Crippen molar-refractivity contribution in [1.29, 1.82) is 0 Å². The van der Waals surface area contributed by atoms with Crippen molar-refractivity contribution in [2.45, 2.75) is 19.0 Å². The van der Waals surface area contributed by atoms with Crippen molar-refractivity contribution in [2.75, 3.05) is 38.2 Å². The molecule has 0 radical (unpaired) electrons. The molecule has 7 heteroatoms. The van der Waals surface area contributed by atoms with Crippen LogP contribution in [0.2, 0.25) is 0 Å². The fourth-order valence-corrected chi connectivity index (χ4v) is 4.11. The van der Waals surface area contributed by atoms with E-state index in [4.69, 9.17) is 0 Å². The van der Waals surface area contributed by atoms with E-state index in [1.807, 2.05) is 18.2 Å². The van der Waals surface area contributed by atoms with E-state index in [1.54, 1.807) is 24.3 Å². The second kappa shape index (κ2) is 8.77. The van der Waals surface area contributed by atoms with Gasteiger partial charge in [-0.1, -0.05) is 30.3 Å². The van der Waals surface area contributed by atoms with Gasteiger partial charge in [0.1, 0.15) is 0 Å². The van der Waals surface area contributed by atoms with Gasteiger partial charge in [-0.05, 0) is 29.8 Å². The number of methoxy groups -OCH3 is 1. The molecule has 1 atom stereocenters. The normalized spacial score (nSPS) is 20.6. The standard InChI is InChI=1S/C23H25N3O4/c1-30-23(29)18-7-9-19(10-8-18)26-21(27)15-20(22(26)28)25-13-11-24(12-14-25)16-17-5-3-2-4-6-17/h2-10,20H,11-16H2,1H3. The van der Waals surface area contributed by atoms with Crippen molar-refractivity contribution in [1.82, 2.24) is 9.80 Å². The van der Waals surface area contributed by atoms with Crippen LogP contribution in [0.25, 0.3) is 0 Å². The van der Waals surface area contributed by atoms with Crippen LogP contribution in [-0.4, -0.2) is 66.9 Å². The van der Waals surface area contributed by atoms with Crippen LogP contribution in [0.1, 0.15) is 22.3 Å². The lowest BCUT2D eigenvalue weighted by molar-refractivity contribution is -0.123. The van der Waals surface area contributed by atoms with Gasteiger partial charge in [0.2, 0.25) is 5.91 Å². The summed E-state index contributed by atoms with van der Waals surface area (Å²) in [5, 5.41) is 0. The molecule has 156 valence electrons. The number of benzene rings is 2. The number of carbonyl (C=O) groups is 3. The van der Waals surface area contributed by atoms with E-state index >= 15 is 0 Å². The SMILES string of the molecule is COC(=O)c1ccc(N2C(=O)CC(N3CCN(Cc4ccccc4)CC3)C2=O)cc1. The summed E-state index contributed by atoms with van der Waals surface area (Å²) in [5.41, 5.74) is 2.15. The van der Waals surface area contributed by atoms with Crippen LogP contribution in [0.15, 0.2) is 54.6 Å². The number of amides is 2. The molecule has 0 aliphatic carbocycles. The first-order valence-electron chi connectivity index (χ1n) is 10.1. The Labute approximate surface area is 175 Å². The number of hydrogen-bond donors (Lipinski definition) is 0. The summed E-state index contributed by atoms with van der Waals surface area (Å²) >= 11 is 0. The quantitative estimate of drug-likeness (QED) is 0.557. The minimum absolute atomic E-state index is 0.191. The van der Waals surface area contributed by atoms with Crippen molar-refractivity contribution >= 4 is 23.5 Å². The first-order chi connectivity index (χ1) is 14.6. The topological polar surface area (TPSA) is 70.2 Å². The van der Waals surface area contributed by atoms with Gasteiger partial charge in [-0.25, -0.2) is 9.69 Å². The molecule has 2 aliphatic rings. The molecular weight excluding hydrogens is 382 g/mol. The molecule has 2 aliphatic heterocycles. The summed E-state index contributed by atoms with van der Waals surface area (Å²) in [6.45, 7) is 4.13. The van der Waals surface area contributed by atoms with Gasteiger partial charge < -0.3 is 4.74 Å². The molecule has 4 rings (SSSR count). The Kier molecular flexibility index (Phi) is 5.92. The maximum Gasteiger partial charge on any atom is 0.337 e. The van der Waals surface area contributed by atoms with Crippen LogP contribution < -0.4 is 4.90 Å². The Morgan fingerprint density at radius 1 is 0.967 bits per heavy atom. The van der Waals surface area contributed by atoms with Crippen LogP contribution in [0.3, 0.4) is 0 Å². The van der Waals surface area contributed by atoms with E-state index in [2.05, 4.69) is 26.7 Å². The maximum absolute atomic E-state index is 13.0. The average Bonchev–Trinajstić information content (AvgIpc) is 3.08. The second-order valence-electron chi connectivity index (χ2n) is 7.62. The lowest BCUT2D eigenvalue weighted by atomic mass is 10.1. The van der Waals surface area contributed by atoms with E-state index in [0.29, 0.717) is 11.3 Å². The fourth-order valence-electron chi connectivity index (χ4n) is 4.11. The molecule has 0 saturated carbocycles. The monoisotopic (exact) mass is 407 g/mol. The highest BCUT2D eigenvalue weighted by Gasteiger charge is 2.43. The smallest absolute Gasteiger partial charge is 0.337 e. The number of anilines is 1. The maximum atomic E-state index is 13.0. The van der Waals surface area contributed by atoms with Gasteiger partial charge in [-0.2, -0.15) is 0 Å². The van der Waals surface area contributed by atoms with Gasteiger partial charge >= 0.3 is 5.97 Å². The molecule has 0 bridgehead atoms. The van der Waals surface area contributed by atoms with Gasteiger partial charge in [-0.3, -0.25) is 19.4 Å². The number of rotatable bonds is 5. The van der Waals surface area contributed by atoms with Crippen LogP contribution in [-0.2, 0) is 20.9 Å². The Morgan fingerprint density at radius 3 is 2.27 bits per heavy atom. The molecule has 2 aromatic rings. The molecule has 30 heavy (non-hydrogen) atoms. The van der Waals surface area contributed by atoms with E-state index in [0.717, 1.165) is 32.7 Å². The van der Waals surface area contributed by atoms with Crippen LogP contribution in [0, 0.1) is 0 Å². The number of ether oxygens (including phenoxy) is 1. The first-order valence-corrected chi connectivity index (χ1v) is 10.1. The van der Waals surface area contributed by atoms with Crippen molar-refractivity contribution in [2.24, 2.45) is 0 Å². The van der Waals surface area contributed by atoms with Gasteiger partial charge in [-0.15, -0.1) is 0 Å². The van der Waals surface area contributed by atoms with Gasteiger partial charge in [0.25, 0.3) is 5.91 Å². The first kappa shape index (κ1) is 20.3.